The summed E-state index contributed by atoms with van der Waals surface area (Å²) >= 11 is 1.66. The van der Waals surface area contributed by atoms with Gasteiger partial charge in [-0.05, 0) is 64.5 Å². The number of amides is 1. The molecule has 1 unspecified atom stereocenters. The molecule has 0 fully saturated rings. The van der Waals surface area contributed by atoms with Gasteiger partial charge in [0.15, 0.2) is 6.61 Å². The summed E-state index contributed by atoms with van der Waals surface area (Å²) < 4.78 is 17.7. The molecule has 2 aromatic rings. The third kappa shape index (κ3) is 5.18. The monoisotopic (exact) mass is 449 g/mol. The molecule has 1 atom stereocenters. The second-order valence-electron chi connectivity index (χ2n) is 8.57. The van der Waals surface area contributed by atoms with Gasteiger partial charge in [0.1, 0.15) is 22.7 Å². The van der Waals surface area contributed by atoms with E-state index in [4.69, 9.17) is 13.9 Å². The zero-order valence-corrected chi connectivity index (χ0v) is 19.6. The molecule has 31 heavy (non-hydrogen) atoms. The van der Waals surface area contributed by atoms with E-state index in [9.17, 15) is 14.7 Å². The number of fused-ring (bicyclic) bond motifs is 3. The molecule has 1 amide bonds. The van der Waals surface area contributed by atoms with Crippen molar-refractivity contribution in [2.75, 3.05) is 25.2 Å². The highest BCUT2D eigenvalue weighted by Crippen LogP contribution is 2.43. The minimum atomic E-state index is -0.383. The molecule has 7 nitrogen and oxygen atoms in total. The molecule has 1 aromatic carbocycles. The summed E-state index contributed by atoms with van der Waals surface area (Å²) in [4.78, 5) is 24.8. The number of carbonyl (C=O) groups is 1. The van der Waals surface area contributed by atoms with Crippen LogP contribution in [0.1, 0.15) is 43.4 Å². The van der Waals surface area contributed by atoms with Gasteiger partial charge in [-0.2, -0.15) is 11.8 Å². The van der Waals surface area contributed by atoms with Crippen molar-refractivity contribution in [2.24, 2.45) is 0 Å². The first-order valence-electron chi connectivity index (χ1n) is 10.5. The molecule has 8 heteroatoms. The van der Waals surface area contributed by atoms with Gasteiger partial charge >= 0.3 is 5.63 Å². The van der Waals surface area contributed by atoms with Crippen molar-refractivity contribution < 1.29 is 23.8 Å². The van der Waals surface area contributed by atoms with E-state index < -0.39 is 0 Å². The molecule has 2 N–H and O–H groups in total. The molecule has 1 aliphatic rings. The fourth-order valence-corrected chi connectivity index (χ4v) is 4.25. The largest absolute Gasteiger partial charge is 0.487 e. The lowest BCUT2D eigenvalue weighted by Crippen LogP contribution is -2.40. The van der Waals surface area contributed by atoms with Crippen LogP contribution in [0.2, 0.25) is 0 Å². The Bertz CT molecular complexity index is 1030. The van der Waals surface area contributed by atoms with Gasteiger partial charge in [0.05, 0.1) is 18.0 Å². The number of aryl methyl sites for hydroxylation is 2. The molecule has 170 valence electrons. The maximum atomic E-state index is 12.4. The lowest BCUT2D eigenvalue weighted by Gasteiger charge is -2.33. The average Bonchev–Trinajstić information content (AvgIpc) is 2.72. The van der Waals surface area contributed by atoms with Crippen LogP contribution >= 0.6 is 11.8 Å². The van der Waals surface area contributed by atoms with Gasteiger partial charge < -0.3 is 24.3 Å². The van der Waals surface area contributed by atoms with Crippen molar-refractivity contribution in [1.82, 2.24) is 5.32 Å². The molecule has 2 heterocycles. The van der Waals surface area contributed by atoms with Gasteiger partial charge in [-0.3, -0.25) is 4.79 Å². The number of rotatable bonds is 8. The van der Waals surface area contributed by atoms with Gasteiger partial charge in [-0.1, -0.05) is 0 Å². The van der Waals surface area contributed by atoms with E-state index in [2.05, 4.69) is 5.32 Å². The number of nitrogens with one attached hydrogen (secondary N) is 1. The molecular formula is C23H31NO6S. The SMILES string of the molecule is CSCCC(CO)NC(=O)COc1cc2c(c3oc(=O)c(C)c(C)c13)CCC(C)(C)O2. The van der Waals surface area contributed by atoms with E-state index in [1.165, 1.54) is 0 Å². The fraction of sp³-hybridized carbons (Fsp3) is 0.565. The van der Waals surface area contributed by atoms with Crippen molar-refractivity contribution in [1.29, 1.82) is 0 Å². The highest BCUT2D eigenvalue weighted by Gasteiger charge is 2.31. The Hall–Kier alpha value is -2.19. The van der Waals surface area contributed by atoms with E-state index in [-0.39, 0.29) is 36.4 Å². The van der Waals surface area contributed by atoms with Gasteiger partial charge in [0, 0.05) is 17.2 Å². The maximum absolute atomic E-state index is 12.4. The van der Waals surface area contributed by atoms with Crippen LogP contribution < -0.4 is 20.4 Å². The molecule has 0 spiro atoms. The quantitative estimate of drug-likeness (QED) is 0.598. The normalized spacial score (nSPS) is 15.8. The highest BCUT2D eigenvalue weighted by atomic mass is 32.2. The third-order valence-electron chi connectivity index (χ3n) is 5.72. The summed E-state index contributed by atoms with van der Waals surface area (Å²) in [6.07, 6.45) is 4.18. The zero-order valence-electron chi connectivity index (χ0n) is 18.8. The Morgan fingerprint density at radius 2 is 2.10 bits per heavy atom. The Balaban J connectivity index is 1.93. The van der Waals surface area contributed by atoms with Crippen LogP contribution in [0.5, 0.6) is 11.5 Å². The van der Waals surface area contributed by atoms with E-state index >= 15 is 0 Å². The molecule has 0 radical (unpaired) electrons. The van der Waals surface area contributed by atoms with Crippen LogP contribution in [-0.4, -0.2) is 47.9 Å². The minimum Gasteiger partial charge on any atom is -0.487 e. The summed E-state index contributed by atoms with van der Waals surface area (Å²) in [5.41, 5.74) is 1.86. The summed E-state index contributed by atoms with van der Waals surface area (Å²) in [7, 11) is 0. The Labute approximate surface area is 186 Å². The van der Waals surface area contributed by atoms with Crippen LogP contribution in [0.3, 0.4) is 0 Å². The van der Waals surface area contributed by atoms with E-state index in [1.807, 2.05) is 27.0 Å². The van der Waals surface area contributed by atoms with E-state index in [0.29, 0.717) is 34.5 Å². The van der Waals surface area contributed by atoms with Gasteiger partial charge in [-0.15, -0.1) is 0 Å². The van der Waals surface area contributed by atoms with Crippen molar-refractivity contribution in [3.63, 3.8) is 0 Å². The summed E-state index contributed by atoms with van der Waals surface area (Å²) in [5.74, 6) is 1.57. The Morgan fingerprint density at radius 3 is 2.77 bits per heavy atom. The molecule has 0 aliphatic carbocycles. The van der Waals surface area contributed by atoms with Gasteiger partial charge in [-0.25, -0.2) is 4.79 Å². The molecule has 0 saturated heterocycles. The van der Waals surface area contributed by atoms with Crippen molar-refractivity contribution in [3.05, 3.63) is 33.2 Å². The first-order chi connectivity index (χ1) is 14.7. The number of benzene rings is 1. The predicted molar refractivity (Wildman–Crippen MR) is 122 cm³/mol. The topological polar surface area (TPSA) is 98.0 Å². The molecule has 0 saturated carbocycles. The van der Waals surface area contributed by atoms with Crippen LogP contribution in [0, 0.1) is 13.8 Å². The van der Waals surface area contributed by atoms with Crippen molar-refractivity contribution >= 4 is 28.6 Å². The highest BCUT2D eigenvalue weighted by molar-refractivity contribution is 7.98. The minimum absolute atomic E-state index is 0.125. The number of aliphatic hydroxyl groups is 1. The number of ether oxygens (including phenoxy) is 2. The smallest absolute Gasteiger partial charge is 0.339 e. The van der Waals surface area contributed by atoms with Crippen LogP contribution in [0.4, 0.5) is 0 Å². The van der Waals surface area contributed by atoms with Crippen LogP contribution in [0.25, 0.3) is 11.0 Å². The predicted octanol–water partition coefficient (Wildman–Crippen LogP) is 3.12. The molecule has 3 rings (SSSR count). The Morgan fingerprint density at radius 1 is 1.35 bits per heavy atom. The first kappa shape index (κ1) is 23.5. The van der Waals surface area contributed by atoms with Gasteiger partial charge in [0.25, 0.3) is 5.91 Å². The molecular weight excluding hydrogens is 418 g/mol. The van der Waals surface area contributed by atoms with Gasteiger partial charge in [0.2, 0.25) is 0 Å². The van der Waals surface area contributed by atoms with E-state index in [1.54, 1.807) is 24.8 Å². The summed E-state index contributed by atoms with van der Waals surface area (Å²) in [6.45, 7) is 7.24. The number of hydrogen-bond donors (Lipinski definition) is 2. The van der Waals surface area contributed by atoms with E-state index in [0.717, 1.165) is 29.7 Å². The number of thioether (sulfide) groups is 1. The lowest BCUT2D eigenvalue weighted by molar-refractivity contribution is -0.124. The second-order valence-corrected chi connectivity index (χ2v) is 9.56. The van der Waals surface area contributed by atoms with Crippen LogP contribution in [-0.2, 0) is 11.2 Å². The standard InChI is InChI=1S/C23H31NO6S/c1-13-14(2)22(27)29-21-16-6-8-23(3,4)30-17(16)10-18(20(13)21)28-12-19(26)24-15(11-25)7-9-31-5/h10,15,25H,6-9,11-12H2,1-5H3,(H,24,26). The number of aliphatic hydroxyl groups excluding tert-OH is 1. The summed E-state index contributed by atoms with van der Waals surface area (Å²) in [5, 5.41) is 13.0. The fourth-order valence-electron chi connectivity index (χ4n) is 3.73. The van der Waals surface area contributed by atoms with Crippen LogP contribution in [0.15, 0.2) is 15.3 Å². The number of hydrogen-bond acceptors (Lipinski definition) is 7. The number of carbonyl (C=O) groups excluding carboxylic acids is 1. The second kappa shape index (κ2) is 9.53. The molecule has 1 aliphatic heterocycles. The first-order valence-corrected chi connectivity index (χ1v) is 11.9. The third-order valence-corrected chi connectivity index (χ3v) is 6.37. The zero-order chi connectivity index (χ0) is 22.8. The maximum Gasteiger partial charge on any atom is 0.339 e. The Kier molecular flexibility index (Phi) is 7.21. The average molecular weight is 450 g/mol. The van der Waals surface area contributed by atoms with Crippen molar-refractivity contribution in [2.45, 2.75) is 58.6 Å². The van der Waals surface area contributed by atoms with Crippen molar-refractivity contribution in [3.8, 4) is 11.5 Å². The molecule has 0 bridgehead atoms. The lowest BCUT2D eigenvalue weighted by atomic mass is 9.92. The summed E-state index contributed by atoms with van der Waals surface area (Å²) in [6, 6.07) is 1.48. The molecule has 1 aromatic heterocycles.